The molecule has 482 valence electrons. The molecule has 0 spiro atoms. The van der Waals surface area contributed by atoms with E-state index in [0.717, 1.165) is 5.56 Å². The van der Waals surface area contributed by atoms with E-state index in [9.17, 15) is 52.7 Å². The molecule has 0 aliphatic heterocycles. The van der Waals surface area contributed by atoms with E-state index in [1.165, 1.54) is 48.7 Å². The molecule has 10 atom stereocenters. The number of esters is 1. The van der Waals surface area contributed by atoms with Crippen molar-refractivity contribution in [3.05, 3.63) is 35.9 Å². The van der Waals surface area contributed by atoms with E-state index in [4.69, 9.17) is 14.2 Å². The summed E-state index contributed by atoms with van der Waals surface area (Å²) in [7, 11) is 1.19. The van der Waals surface area contributed by atoms with Gasteiger partial charge in [0.25, 0.3) is 0 Å². The Labute approximate surface area is 504 Å². The van der Waals surface area contributed by atoms with Crippen LogP contribution < -0.4 is 53.2 Å². The fourth-order valence-corrected chi connectivity index (χ4v) is 8.46. The third kappa shape index (κ3) is 24.2. The largest absolute Gasteiger partial charge is 0.467 e. The average molecular weight is 1200 g/mol. The molecule has 1 rings (SSSR count). The summed E-state index contributed by atoms with van der Waals surface area (Å²) in [5.41, 5.74) is -4.99. The molecule has 0 saturated heterocycles. The quantitative estimate of drug-likeness (QED) is 0.0457. The second-order valence-corrected chi connectivity index (χ2v) is 26.1. The molecule has 10 N–H and O–H groups in total. The Hall–Kier alpha value is -6.85. The smallest absolute Gasteiger partial charge is 0.408 e. The summed E-state index contributed by atoms with van der Waals surface area (Å²) in [5.74, 6) is -10.3. The highest BCUT2D eigenvalue weighted by Crippen LogP contribution is 2.19. The van der Waals surface area contributed by atoms with Crippen LogP contribution in [0.1, 0.15) is 171 Å². The first-order valence-corrected chi connectivity index (χ1v) is 29.5. The van der Waals surface area contributed by atoms with Gasteiger partial charge in [0.1, 0.15) is 64.5 Å². The third-order valence-corrected chi connectivity index (χ3v) is 14.5. The molecule has 10 amide bonds. The van der Waals surface area contributed by atoms with Crippen LogP contribution in [0.5, 0.6) is 0 Å². The van der Waals surface area contributed by atoms with E-state index in [2.05, 4.69) is 53.2 Å². The lowest BCUT2D eigenvalue weighted by molar-refractivity contribution is -0.150. The SMILES string of the molecule is CC[C@H](C)[C@@H](NC(=O)[C@H](NC(=O)[C@H](NC(=O)OC(C)(C)C)C(C)C)C(C)C)C(=O)NC(C)(C)C(=O)N[C@@H](C(=O)N[C@@H](C(=O)NC(C)(C)C(=O)N[C@@H](C(=O)N[C@@H](C(=O)NC(C)(C)C(=O)OC)[C@@H](C)CC)C(C)C)C(C)C)[C@@H](C)OCc1ccccc1. The highest BCUT2D eigenvalue weighted by molar-refractivity contribution is 6.00. The standard InChI is InChI=1S/C61H104N10O14/c1-24-36(11)44(64-47(72)40(32(3)4)62-49(74)42(34(7)8)68-57(82)85-58(14,15)16)52(77)70-60(19,20)55(80)67-46(38(13)84-31-39-29-27-26-28-30-39)50(75)63-43(35(9)10)51(76)69-59(17,18)54(79)66-41(33(5)6)48(73)65-45(37(12)25-2)53(78)71-61(21,22)56(81)83-23/h26-30,32-38,40-46H,24-25,31H2,1-23H3,(H,62,74)(H,63,75)(H,64,72)(H,65,73)(H,66,79)(H,67,80)(H,68,82)(H,69,76)(H,70,77)(H,71,78)/t36-,37-,38+,40+,41+,42+,43+,44+,45+,46+/m0/s1. The number of carbonyl (C=O) groups excluding carboxylic acids is 11. The van der Waals surface area contributed by atoms with Crippen molar-refractivity contribution >= 4 is 65.2 Å². The van der Waals surface area contributed by atoms with Gasteiger partial charge in [-0.15, -0.1) is 0 Å². The highest BCUT2D eigenvalue weighted by Gasteiger charge is 2.43. The Balaban J connectivity index is 3.53. The Morgan fingerprint density at radius 1 is 0.412 bits per heavy atom. The first-order chi connectivity index (χ1) is 39.0. The zero-order valence-electron chi connectivity index (χ0n) is 54.8. The number of methoxy groups -OCH3 is 1. The van der Waals surface area contributed by atoms with Crippen LogP contribution in [0.2, 0.25) is 0 Å². The maximum atomic E-state index is 14.6. The van der Waals surface area contributed by atoms with Gasteiger partial charge in [-0.2, -0.15) is 0 Å². The first-order valence-electron chi connectivity index (χ1n) is 29.5. The predicted molar refractivity (Wildman–Crippen MR) is 322 cm³/mol. The molecule has 1 aromatic carbocycles. The van der Waals surface area contributed by atoms with Crippen molar-refractivity contribution in [2.75, 3.05) is 7.11 Å². The lowest BCUT2D eigenvalue weighted by Gasteiger charge is -2.35. The summed E-state index contributed by atoms with van der Waals surface area (Å²) in [6.45, 7) is 35.8. The van der Waals surface area contributed by atoms with Crippen molar-refractivity contribution in [3.63, 3.8) is 0 Å². The summed E-state index contributed by atoms with van der Waals surface area (Å²) in [6, 6.07) is 0.432. The predicted octanol–water partition coefficient (Wildman–Crippen LogP) is 3.97. The number of amides is 10. The minimum absolute atomic E-state index is 0.0140. The van der Waals surface area contributed by atoms with Gasteiger partial charge in [-0.3, -0.25) is 43.2 Å². The maximum absolute atomic E-state index is 14.6. The summed E-state index contributed by atoms with van der Waals surface area (Å²) >= 11 is 0. The van der Waals surface area contributed by atoms with Crippen LogP contribution in [0.3, 0.4) is 0 Å². The molecule has 1 aromatic rings. The molecule has 0 heterocycles. The van der Waals surface area contributed by atoms with Crippen molar-refractivity contribution in [1.29, 1.82) is 0 Å². The average Bonchev–Trinajstić information content (AvgIpc) is 3.59. The molecule has 24 nitrogen and oxygen atoms in total. The minimum atomic E-state index is -1.77. The number of hydrogen-bond donors (Lipinski definition) is 10. The van der Waals surface area contributed by atoms with Crippen molar-refractivity contribution < 1.29 is 67.0 Å². The lowest BCUT2D eigenvalue weighted by Crippen LogP contribution is -2.66. The number of hydrogen-bond acceptors (Lipinski definition) is 14. The Bertz CT molecular complexity index is 2460. The van der Waals surface area contributed by atoms with Gasteiger partial charge in [-0.1, -0.05) is 126 Å². The van der Waals surface area contributed by atoms with E-state index in [1.807, 2.05) is 19.9 Å². The molecule has 0 saturated carbocycles. The van der Waals surface area contributed by atoms with Crippen LogP contribution in [-0.2, 0) is 68.8 Å². The van der Waals surface area contributed by atoms with E-state index in [0.29, 0.717) is 12.8 Å². The van der Waals surface area contributed by atoms with Crippen LogP contribution in [0.4, 0.5) is 4.79 Å². The van der Waals surface area contributed by atoms with Gasteiger partial charge in [-0.25, -0.2) is 9.59 Å². The Morgan fingerprint density at radius 2 is 0.729 bits per heavy atom. The van der Waals surface area contributed by atoms with Crippen molar-refractivity contribution in [2.24, 2.45) is 35.5 Å². The summed E-state index contributed by atoms with van der Waals surface area (Å²) < 4.78 is 16.3. The van der Waals surface area contributed by atoms with E-state index in [1.54, 1.807) is 121 Å². The van der Waals surface area contributed by atoms with Crippen LogP contribution in [0.25, 0.3) is 0 Å². The second-order valence-electron chi connectivity index (χ2n) is 26.1. The van der Waals surface area contributed by atoms with E-state index in [-0.39, 0.29) is 6.61 Å². The minimum Gasteiger partial charge on any atom is -0.467 e. The van der Waals surface area contributed by atoms with E-state index >= 15 is 0 Å². The topological polar surface area (TPSA) is 336 Å². The fourth-order valence-electron chi connectivity index (χ4n) is 8.46. The molecule has 24 heteroatoms. The number of alkyl carbamates (subject to hydrolysis) is 1. The van der Waals surface area contributed by atoms with Crippen LogP contribution in [-0.4, -0.2) is 143 Å². The van der Waals surface area contributed by atoms with Crippen molar-refractivity contribution in [2.45, 2.75) is 242 Å². The molecular formula is C61H104N10O14. The molecule has 0 bridgehead atoms. The van der Waals surface area contributed by atoms with Crippen LogP contribution in [0, 0.1) is 35.5 Å². The van der Waals surface area contributed by atoms with Gasteiger partial charge < -0.3 is 67.4 Å². The summed E-state index contributed by atoms with van der Waals surface area (Å²) in [5, 5.41) is 27.1. The zero-order valence-corrected chi connectivity index (χ0v) is 54.8. The summed E-state index contributed by atoms with van der Waals surface area (Å²) in [4.78, 5) is 152. The van der Waals surface area contributed by atoms with Crippen molar-refractivity contribution in [3.8, 4) is 0 Å². The number of carbonyl (C=O) groups is 11. The fraction of sp³-hybridized carbons (Fsp3) is 0.721. The molecule has 0 fully saturated rings. The summed E-state index contributed by atoms with van der Waals surface area (Å²) in [6.07, 6.45) is -1.01. The van der Waals surface area contributed by atoms with Gasteiger partial charge in [0.05, 0.1) is 19.8 Å². The maximum Gasteiger partial charge on any atom is 0.408 e. The van der Waals surface area contributed by atoms with Gasteiger partial charge in [0.2, 0.25) is 53.2 Å². The zero-order chi connectivity index (χ0) is 65.9. The van der Waals surface area contributed by atoms with Gasteiger partial charge in [0, 0.05) is 0 Å². The lowest BCUT2D eigenvalue weighted by atomic mass is 9.94. The third-order valence-electron chi connectivity index (χ3n) is 14.5. The van der Waals surface area contributed by atoms with Crippen LogP contribution >= 0.6 is 0 Å². The molecule has 0 unspecified atom stereocenters. The number of rotatable bonds is 32. The first kappa shape index (κ1) is 76.2. The molecule has 0 aliphatic rings. The van der Waals surface area contributed by atoms with Crippen LogP contribution in [0.15, 0.2) is 30.3 Å². The number of ether oxygens (including phenoxy) is 3. The second kappa shape index (κ2) is 33.2. The normalized spacial score (nSPS) is 15.7. The Morgan fingerprint density at radius 3 is 1.09 bits per heavy atom. The number of nitrogens with one attached hydrogen (secondary N) is 10. The monoisotopic (exact) mass is 1200 g/mol. The molecule has 0 radical (unpaired) electrons. The number of benzene rings is 1. The highest BCUT2D eigenvalue weighted by atomic mass is 16.6. The van der Waals surface area contributed by atoms with E-state index < -0.39 is 171 Å². The Kier molecular flexibility index (Phi) is 29.7. The van der Waals surface area contributed by atoms with Crippen molar-refractivity contribution in [1.82, 2.24) is 53.2 Å². The molecule has 85 heavy (non-hydrogen) atoms. The van der Waals surface area contributed by atoms with Gasteiger partial charge >= 0.3 is 12.1 Å². The van der Waals surface area contributed by atoms with Gasteiger partial charge in [-0.05, 0) is 110 Å². The molecular weight excluding hydrogens is 1100 g/mol. The molecule has 0 aromatic heterocycles. The van der Waals surface area contributed by atoms with Gasteiger partial charge in [0.15, 0.2) is 0 Å². The molecule has 0 aliphatic carbocycles.